The zero-order valence-electron chi connectivity index (χ0n) is 9.97. The summed E-state index contributed by atoms with van der Waals surface area (Å²) in [5.74, 6) is -6.09. The highest BCUT2D eigenvalue weighted by atomic mass is 16.3. The van der Waals surface area contributed by atoms with E-state index in [1.807, 2.05) is 0 Å². The van der Waals surface area contributed by atoms with Crippen molar-refractivity contribution in [2.24, 2.45) is 11.8 Å². The van der Waals surface area contributed by atoms with Gasteiger partial charge in [0.2, 0.25) is 5.78 Å². The van der Waals surface area contributed by atoms with E-state index in [1.165, 1.54) is 0 Å². The highest BCUT2D eigenvalue weighted by Gasteiger charge is 2.40. The summed E-state index contributed by atoms with van der Waals surface area (Å²) in [6.07, 6.45) is -1.54. The maximum atomic E-state index is 11.5. The monoisotopic (exact) mass is 244 g/mol. The normalized spacial score (nSPS) is 15.8. The summed E-state index contributed by atoms with van der Waals surface area (Å²) < 4.78 is 0. The van der Waals surface area contributed by atoms with E-state index in [2.05, 4.69) is 0 Å². The molecule has 17 heavy (non-hydrogen) atoms. The fraction of sp³-hybridized carbons (Fsp3) is 0.636. The minimum absolute atomic E-state index is 0.624. The van der Waals surface area contributed by atoms with Crippen molar-refractivity contribution in [2.45, 2.75) is 26.9 Å². The van der Waals surface area contributed by atoms with Gasteiger partial charge in [0.05, 0.1) is 24.5 Å². The van der Waals surface area contributed by atoms with Gasteiger partial charge in [-0.1, -0.05) is 0 Å². The van der Waals surface area contributed by atoms with Crippen LogP contribution in [0.1, 0.15) is 20.8 Å². The van der Waals surface area contributed by atoms with Crippen LogP contribution in [0.5, 0.6) is 0 Å². The van der Waals surface area contributed by atoms with Gasteiger partial charge in [0, 0.05) is 6.92 Å². The molecule has 0 aliphatic rings. The maximum Gasteiger partial charge on any atom is 0.209 e. The Labute approximate surface area is 98.6 Å². The summed E-state index contributed by atoms with van der Waals surface area (Å²) in [5, 5.41) is 18.2. The molecular formula is C11H16O6. The second-order valence-corrected chi connectivity index (χ2v) is 3.90. The van der Waals surface area contributed by atoms with E-state index in [1.54, 1.807) is 0 Å². The van der Waals surface area contributed by atoms with Crippen molar-refractivity contribution in [3.8, 4) is 0 Å². The summed E-state index contributed by atoms with van der Waals surface area (Å²) in [6, 6.07) is 0. The predicted octanol–water partition coefficient (Wildman–Crippen LogP) is -1.09. The van der Waals surface area contributed by atoms with Crippen molar-refractivity contribution in [1.29, 1.82) is 0 Å². The SMILES string of the molecule is CC(=O)C(=O)[C@H](C(C)=O)[C@H](C(C)=O)[C@H](O)CO. The highest BCUT2D eigenvalue weighted by Crippen LogP contribution is 2.20. The summed E-state index contributed by atoms with van der Waals surface area (Å²) in [7, 11) is 0. The zero-order valence-corrected chi connectivity index (χ0v) is 9.97. The summed E-state index contributed by atoms with van der Waals surface area (Å²) in [6.45, 7) is 2.37. The molecule has 3 atom stereocenters. The second kappa shape index (κ2) is 6.36. The van der Waals surface area contributed by atoms with Crippen LogP contribution in [0, 0.1) is 11.8 Å². The van der Waals surface area contributed by atoms with Gasteiger partial charge >= 0.3 is 0 Å². The number of ketones is 4. The van der Waals surface area contributed by atoms with E-state index in [4.69, 9.17) is 5.11 Å². The number of Topliss-reactive ketones (excluding diaryl/α,β-unsaturated/α-hetero) is 4. The van der Waals surface area contributed by atoms with Crippen molar-refractivity contribution in [1.82, 2.24) is 0 Å². The first-order valence-electron chi connectivity index (χ1n) is 5.08. The Balaban J connectivity index is 5.40. The van der Waals surface area contributed by atoms with Gasteiger partial charge in [-0.2, -0.15) is 0 Å². The van der Waals surface area contributed by atoms with Crippen molar-refractivity contribution in [3.05, 3.63) is 0 Å². The van der Waals surface area contributed by atoms with Gasteiger partial charge in [0.1, 0.15) is 11.6 Å². The van der Waals surface area contributed by atoms with Crippen molar-refractivity contribution in [3.63, 3.8) is 0 Å². The number of aliphatic hydroxyl groups is 2. The topological polar surface area (TPSA) is 109 Å². The van der Waals surface area contributed by atoms with E-state index >= 15 is 0 Å². The standard InChI is InChI=1S/C11H16O6/c1-5(13)9(8(16)4-12)10(6(2)14)11(17)7(3)15/h8-10,12,16H,4H2,1-3H3/t8-,9-,10-/m1/s1. The molecule has 0 spiro atoms. The molecule has 0 fully saturated rings. The minimum atomic E-state index is -1.54. The second-order valence-electron chi connectivity index (χ2n) is 3.90. The summed E-state index contributed by atoms with van der Waals surface area (Å²) >= 11 is 0. The van der Waals surface area contributed by atoms with E-state index < -0.39 is 47.7 Å². The quantitative estimate of drug-likeness (QED) is 0.435. The number of hydrogen-bond acceptors (Lipinski definition) is 6. The third-order valence-corrected chi connectivity index (χ3v) is 2.50. The van der Waals surface area contributed by atoms with Crippen molar-refractivity contribution < 1.29 is 29.4 Å². The molecule has 96 valence electrons. The first kappa shape index (κ1) is 15.6. The summed E-state index contributed by atoms with van der Waals surface area (Å²) in [5.41, 5.74) is 0. The fourth-order valence-electron chi connectivity index (χ4n) is 1.66. The molecule has 0 aromatic rings. The molecule has 2 N–H and O–H groups in total. The van der Waals surface area contributed by atoms with Crippen molar-refractivity contribution >= 4 is 23.1 Å². The lowest BCUT2D eigenvalue weighted by molar-refractivity contribution is -0.148. The molecule has 0 aromatic heterocycles. The summed E-state index contributed by atoms with van der Waals surface area (Å²) in [4.78, 5) is 45.2. The Morgan fingerprint density at radius 1 is 1.00 bits per heavy atom. The van der Waals surface area contributed by atoms with Gasteiger partial charge < -0.3 is 10.2 Å². The van der Waals surface area contributed by atoms with Crippen LogP contribution in [0.15, 0.2) is 0 Å². The van der Waals surface area contributed by atoms with E-state index in [0.717, 1.165) is 20.8 Å². The molecule has 0 aliphatic heterocycles. The Morgan fingerprint density at radius 2 is 1.47 bits per heavy atom. The Morgan fingerprint density at radius 3 is 1.71 bits per heavy atom. The van der Waals surface area contributed by atoms with Crippen LogP contribution in [0.4, 0.5) is 0 Å². The van der Waals surface area contributed by atoms with Gasteiger partial charge in [-0.05, 0) is 13.8 Å². The van der Waals surface area contributed by atoms with Crippen LogP contribution in [0.25, 0.3) is 0 Å². The molecule has 0 aliphatic carbocycles. The Bertz CT molecular complexity index is 346. The van der Waals surface area contributed by atoms with Crippen LogP contribution in [-0.2, 0) is 19.2 Å². The molecule has 0 unspecified atom stereocenters. The third kappa shape index (κ3) is 3.83. The maximum absolute atomic E-state index is 11.5. The average Bonchev–Trinajstić information content (AvgIpc) is 2.22. The molecule has 6 heteroatoms. The molecule has 0 rings (SSSR count). The lowest BCUT2D eigenvalue weighted by atomic mass is 9.79. The largest absolute Gasteiger partial charge is 0.394 e. The number of rotatable bonds is 7. The molecule has 0 saturated carbocycles. The number of aliphatic hydroxyl groups excluding tert-OH is 2. The zero-order chi connectivity index (χ0) is 13.7. The van der Waals surface area contributed by atoms with Crippen molar-refractivity contribution in [2.75, 3.05) is 6.61 Å². The van der Waals surface area contributed by atoms with E-state index in [9.17, 15) is 24.3 Å². The Kier molecular flexibility index (Phi) is 5.84. The Hall–Kier alpha value is -1.40. The number of carbonyl (C=O) groups is 4. The molecule has 0 amide bonds. The molecule has 0 bridgehead atoms. The molecule has 0 heterocycles. The molecule has 0 aromatic carbocycles. The van der Waals surface area contributed by atoms with Crippen LogP contribution in [0.2, 0.25) is 0 Å². The van der Waals surface area contributed by atoms with Gasteiger partial charge in [0.25, 0.3) is 0 Å². The molecule has 0 saturated heterocycles. The lowest BCUT2D eigenvalue weighted by Crippen LogP contribution is -2.44. The predicted molar refractivity (Wildman–Crippen MR) is 57.1 cm³/mol. The lowest BCUT2D eigenvalue weighted by Gasteiger charge is -2.24. The molecule has 6 nitrogen and oxygen atoms in total. The van der Waals surface area contributed by atoms with Gasteiger partial charge in [-0.25, -0.2) is 0 Å². The smallest absolute Gasteiger partial charge is 0.209 e. The average molecular weight is 244 g/mol. The van der Waals surface area contributed by atoms with E-state index in [0.29, 0.717) is 0 Å². The van der Waals surface area contributed by atoms with Gasteiger partial charge in [-0.15, -0.1) is 0 Å². The van der Waals surface area contributed by atoms with Crippen LogP contribution >= 0.6 is 0 Å². The fourth-order valence-corrected chi connectivity index (χ4v) is 1.66. The third-order valence-electron chi connectivity index (χ3n) is 2.50. The number of carbonyl (C=O) groups excluding carboxylic acids is 4. The van der Waals surface area contributed by atoms with Crippen LogP contribution < -0.4 is 0 Å². The highest BCUT2D eigenvalue weighted by molar-refractivity contribution is 6.41. The van der Waals surface area contributed by atoms with Crippen LogP contribution in [-0.4, -0.2) is 46.1 Å². The number of hydrogen-bond donors (Lipinski definition) is 2. The van der Waals surface area contributed by atoms with E-state index in [-0.39, 0.29) is 0 Å². The molecular weight excluding hydrogens is 228 g/mol. The van der Waals surface area contributed by atoms with Gasteiger partial charge in [0.15, 0.2) is 5.78 Å². The minimum Gasteiger partial charge on any atom is -0.394 e. The first-order chi connectivity index (χ1) is 7.73. The molecule has 0 radical (unpaired) electrons. The van der Waals surface area contributed by atoms with Crippen LogP contribution in [0.3, 0.4) is 0 Å². The first-order valence-corrected chi connectivity index (χ1v) is 5.08. The van der Waals surface area contributed by atoms with Gasteiger partial charge in [-0.3, -0.25) is 19.2 Å².